The monoisotopic (exact) mass is 308 g/mol. The maximum Gasteiger partial charge on any atom is 0.251 e. The molecule has 1 aromatic carbocycles. The van der Waals surface area contributed by atoms with Crippen molar-refractivity contribution in [3.63, 3.8) is 0 Å². The summed E-state index contributed by atoms with van der Waals surface area (Å²) in [4.78, 5) is 19.7. The molecule has 0 radical (unpaired) electrons. The number of carbonyl (C=O) groups is 1. The van der Waals surface area contributed by atoms with Crippen molar-refractivity contribution in [3.05, 3.63) is 53.2 Å². The molecule has 2 rings (SSSR count). The van der Waals surface area contributed by atoms with Crippen LogP contribution < -0.4 is 10.6 Å². The minimum atomic E-state index is -0.363. The lowest BCUT2D eigenvalue weighted by atomic mass is 10.2. The Bertz CT molecular complexity index is 606. The van der Waals surface area contributed by atoms with E-state index in [9.17, 15) is 9.18 Å². The normalized spacial score (nSPS) is 10.2. The molecule has 5 nitrogen and oxygen atoms in total. The highest BCUT2D eigenvalue weighted by molar-refractivity contribution is 6.29. The van der Waals surface area contributed by atoms with Crippen LogP contribution in [0.3, 0.4) is 0 Å². The van der Waals surface area contributed by atoms with Gasteiger partial charge in [-0.05, 0) is 30.7 Å². The molecule has 0 aliphatic carbocycles. The van der Waals surface area contributed by atoms with Gasteiger partial charge in [-0.1, -0.05) is 11.6 Å². The molecule has 110 valence electrons. The summed E-state index contributed by atoms with van der Waals surface area (Å²) >= 11 is 5.71. The lowest BCUT2D eigenvalue weighted by Gasteiger charge is -2.07. The molecule has 0 saturated carbocycles. The van der Waals surface area contributed by atoms with Gasteiger partial charge in [-0.2, -0.15) is 0 Å². The van der Waals surface area contributed by atoms with Gasteiger partial charge in [-0.25, -0.2) is 9.37 Å². The van der Waals surface area contributed by atoms with Gasteiger partial charge in [0.25, 0.3) is 5.91 Å². The molecule has 0 unspecified atom stereocenters. The number of anilines is 1. The maximum absolute atomic E-state index is 12.7. The number of nitrogens with zero attached hydrogens (tertiary/aromatic N) is 2. The summed E-state index contributed by atoms with van der Waals surface area (Å²) in [7, 11) is 0. The Kier molecular flexibility index (Phi) is 5.45. The highest BCUT2D eigenvalue weighted by Crippen LogP contribution is 2.06. The Morgan fingerprint density at radius 2 is 1.95 bits per heavy atom. The van der Waals surface area contributed by atoms with Crippen molar-refractivity contribution in [1.82, 2.24) is 15.3 Å². The molecule has 0 spiro atoms. The molecule has 0 aliphatic rings. The molecule has 0 aliphatic heterocycles. The van der Waals surface area contributed by atoms with Crippen molar-refractivity contribution in [3.8, 4) is 0 Å². The average Bonchev–Trinajstić information content (AvgIpc) is 2.47. The van der Waals surface area contributed by atoms with Crippen LogP contribution in [0, 0.1) is 5.82 Å². The fourth-order valence-electron chi connectivity index (χ4n) is 1.64. The highest BCUT2D eigenvalue weighted by atomic mass is 35.5. The standard InChI is InChI=1S/C14H14ClFN4O/c15-12-8-17-9-13(20-12)18-6-1-7-19-14(21)10-2-4-11(16)5-3-10/h2-5,8-9H,1,6-7H2,(H,18,20)(H,19,21). The van der Waals surface area contributed by atoms with Gasteiger partial charge in [0, 0.05) is 18.7 Å². The van der Waals surface area contributed by atoms with Crippen LogP contribution in [-0.4, -0.2) is 29.0 Å². The van der Waals surface area contributed by atoms with Gasteiger partial charge in [0.05, 0.1) is 12.4 Å². The van der Waals surface area contributed by atoms with Crippen LogP contribution in [0.1, 0.15) is 16.8 Å². The third-order valence-electron chi connectivity index (χ3n) is 2.66. The quantitative estimate of drug-likeness (QED) is 0.805. The number of halogens is 2. The second kappa shape index (κ2) is 7.54. The van der Waals surface area contributed by atoms with Crippen molar-refractivity contribution in [2.24, 2.45) is 0 Å². The van der Waals surface area contributed by atoms with Gasteiger partial charge in [0.1, 0.15) is 16.8 Å². The van der Waals surface area contributed by atoms with E-state index in [1.54, 1.807) is 6.20 Å². The molecule has 21 heavy (non-hydrogen) atoms. The first-order chi connectivity index (χ1) is 10.1. The maximum atomic E-state index is 12.7. The van der Waals surface area contributed by atoms with Crippen LogP contribution in [0.15, 0.2) is 36.7 Å². The largest absolute Gasteiger partial charge is 0.369 e. The van der Waals surface area contributed by atoms with E-state index in [1.807, 2.05) is 0 Å². The summed E-state index contributed by atoms with van der Waals surface area (Å²) in [6, 6.07) is 5.41. The summed E-state index contributed by atoms with van der Waals surface area (Å²) in [6.45, 7) is 1.12. The lowest BCUT2D eigenvalue weighted by Crippen LogP contribution is -2.25. The van der Waals surface area contributed by atoms with E-state index in [0.29, 0.717) is 36.0 Å². The first-order valence-corrected chi connectivity index (χ1v) is 6.78. The summed E-state index contributed by atoms with van der Waals surface area (Å²) in [5, 5.41) is 6.12. The highest BCUT2D eigenvalue weighted by Gasteiger charge is 2.04. The molecular weight excluding hydrogens is 295 g/mol. The van der Waals surface area contributed by atoms with E-state index in [4.69, 9.17) is 11.6 Å². The van der Waals surface area contributed by atoms with Gasteiger partial charge in [0.15, 0.2) is 0 Å². The first kappa shape index (κ1) is 15.2. The Morgan fingerprint density at radius 3 is 2.67 bits per heavy atom. The van der Waals surface area contributed by atoms with Crippen LogP contribution in [0.4, 0.5) is 10.2 Å². The third-order valence-corrected chi connectivity index (χ3v) is 2.84. The molecule has 0 bridgehead atoms. The van der Waals surface area contributed by atoms with Gasteiger partial charge in [-0.15, -0.1) is 0 Å². The minimum Gasteiger partial charge on any atom is -0.369 e. The van der Waals surface area contributed by atoms with E-state index in [0.717, 1.165) is 0 Å². The zero-order valence-electron chi connectivity index (χ0n) is 11.1. The Labute approximate surface area is 126 Å². The first-order valence-electron chi connectivity index (χ1n) is 6.40. The zero-order chi connectivity index (χ0) is 15.1. The molecule has 2 N–H and O–H groups in total. The van der Waals surface area contributed by atoms with E-state index >= 15 is 0 Å². The number of amides is 1. The number of hydrogen-bond acceptors (Lipinski definition) is 4. The van der Waals surface area contributed by atoms with Crippen LogP contribution in [-0.2, 0) is 0 Å². The van der Waals surface area contributed by atoms with Crippen molar-refractivity contribution in [2.75, 3.05) is 18.4 Å². The van der Waals surface area contributed by atoms with E-state index in [2.05, 4.69) is 20.6 Å². The van der Waals surface area contributed by atoms with Crippen LogP contribution in [0.2, 0.25) is 5.15 Å². The number of aromatic nitrogens is 2. The van der Waals surface area contributed by atoms with Gasteiger partial charge in [-0.3, -0.25) is 9.78 Å². The SMILES string of the molecule is O=C(NCCCNc1cncc(Cl)n1)c1ccc(F)cc1. The minimum absolute atomic E-state index is 0.224. The van der Waals surface area contributed by atoms with E-state index in [1.165, 1.54) is 30.5 Å². The van der Waals surface area contributed by atoms with Gasteiger partial charge in [0.2, 0.25) is 0 Å². The summed E-state index contributed by atoms with van der Waals surface area (Å²) in [5.41, 5.74) is 0.435. The molecule has 2 aromatic rings. The predicted molar refractivity (Wildman–Crippen MR) is 78.9 cm³/mol. The molecule has 1 heterocycles. The third kappa shape index (κ3) is 5.00. The number of hydrogen-bond donors (Lipinski definition) is 2. The Morgan fingerprint density at radius 1 is 1.19 bits per heavy atom. The van der Waals surface area contributed by atoms with Crippen LogP contribution in [0.5, 0.6) is 0 Å². The number of benzene rings is 1. The molecule has 0 saturated heterocycles. The number of carbonyl (C=O) groups excluding carboxylic acids is 1. The summed E-state index contributed by atoms with van der Waals surface area (Å²) in [6.07, 6.45) is 3.74. The van der Waals surface area contributed by atoms with Crippen molar-refractivity contribution in [2.45, 2.75) is 6.42 Å². The molecular formula is C14H14ClFN4O. The van der Waals surface area contributed by atoms with Gasteiger partial charge < -0.3 is 10.6 Å². The van der Waals surface area contributed by atoms with Crippen molar-refractivity contribution >= 4 is 23.3 Å². The smallest absolute Gasteiger partial charge is 0.251 e. The van der Waals surface area contributed by atoms with Crippen LogP contribution >= 0.6 is 11.6 Å². The predicted octanol–water partition coefficient (Wildman–Crippen LogP) is 2.50. The lowest BCUT2D eigenvalue weighted by molar-refractivity contribution is 0.0953. The fourth-order valence-corrected chi connectivity index (χ4v) is 1.78. The number of rotatable bonds is 6. The fraction of sp³-hybridized carbons (Fsp3) is 0.214. The molecule has 7 heteroatoms. The second-order valence-corrected chi connectivity index (χ2v) is 4.66. The Balaban J connectivity index is 1.68. The molecule has 1 amide bonds. The molecule has 1 aromatic heterocycles. The summed E-state index contributed by atoms with van der Waals surface area (Å²) < 4.78 is 12.7. The van der Waals surface area contributed by atoms with Crippen molar-refractivity contribution in [1.29, 1.82) is 0 Å². The Hall–Kier alpha value is -2.21. The molecule has 0 fully saturated rings. The van der Waals surface area contributed by atoms with E-state index in [-0.39, 0.29) is 11.7 Å². The van der Waals surface area contributed by atoms with E-state index < -0.39 is 0 Å². The average molecular weight is 309 g/mol. The number of nitrogens with one attached hydrogen (secondary N) is 2. The zero-order valence-corrected chi connectivity index (χ0v) is 11.9. The second-order valence-electron chi connectivity index (χ2n) is 4.27. The van der Waals surface area contributed by atoms with Gasteiger partial charge >= 0.3 is 0 Å². The van der Waals surface area contributed by atoms with Crippen LogP contribution in [0.25, 0.3) is 0 Å². The molecule has 0 atom stereocenters. The summed E-state index contributed by atoms with van der Waals surface area (Å²) in [5.74, 6) is 0.00305. The van der Waals surface area contributed by atoms with Crippen molar-refractivity contribution < 1.29 is 9.18 Å². The topological polar surface area (TPSA) is 66.9 Å².